The highest BCUT2D eigenvalue weighted by Gasteiger charge is 2.10. The van der Waals surface area contributed by atoms with Gasteiger partial charge in [-0.3, -0.25) is 20.2 Å². The molecule has 0 spiro atoms. The normalized spacial score (nSPS) is 12.1. The molecule has 0 aliphatic heterocycles. The molecule has 0 aliphatic carbocycles. The first-order chi connectivity index (χ1) is 14.5. The Morgan fingerprint density at radius 2 is 1.87 bits per heavy atom. The molecule has 0 unspecified atom stereocenters. The van der Waals surface area contributed by atoms with Gasteiger partial charge in [-0.25, -0.2) is 0 Å². The van der Waals surface area contributed by atoms with E-state index in [0.717, 1.165) is 27.5 Å². The Morgan fingerprint density at radius 3 is 2.50 bits per heavy atom. The summed E-state index contributed by atoms with van der Waals surface area (Å²) in [5.74, 6) is 0. The van der Waals surface area contributed by atoms with Crippen LogP contribution in [0, 0.1) is 20.2 Å². The van der Waals surface area contributed by atoms with Crippen molar-refractivity contribution in [2.45, 2.75) is 6.54 Å². The maximum atomic E-state index is 10.8. The minimum absolute atomic E-state index is 0.0293. The van der Waals surface area contributed by atoms with Gasteiger partial charge in [0, 0.05) is 41.2 Å². The molecule has 0 fully saturated rings. The lowest BCUT2D eigenvalue weighted by Gasteiger charge is -2.05. The standard InChI is InChI=1S/C19H15N5O4S2/c1-2-12-22-17(14-5-7-15(8-6-14)23(25)26)13-29-19(22)21-20-11-3-4-16-9-10-18(30-16)24(27)28/h2-11,13H,1,12H2/b4-3+,20-11+,21-19-. The summed E-state index contributed by atoms with van der Waals surface area (Å²) >= 11 is 2.46. The summed E-state index contributed by atoms with van der Waals surface area (Å²) in [5, 5.41) is 31.8. The highest BCUT2D eigenvalue weighted by Crippen LogP contribution is 2.25. The third kappa shape index (κ3) is 5.01. The highest BCUT2D eigenvalue weighted by atomic mass is 32.1. The molecule has 0 N–H and O–H groups in total. The summed E-state index contributed by atoms with van der Waals surface area (Å²) in [5.41, 5.74) is 1.70. The van der Waals surface area contributed by atoms with Crippen molar-refractivity contribution in [2.24, 2.45) is 10.2 Å². The molecule has 0 aliphatic rings. The molecule has 2 heterocycles. The van der Waals surface area contributed by atoms with E-state index in [9.17, 15) is 20.2 Å². The van der Waals surface area contributed by atoms with Gasteiger partial charge in [-0.2, -0.15) is 5.10 Å². The first-order valence-corrected chi connectivity index (χ1v) is 10.2. The highest BCUT2D eigenvalue weighted by molar-refractivity contribution is 7.16. The number of benzene rings is 1. The minimum atomic E-state index is -0.438. The van der Waals surface area contributed by atoms with Crippen molar-refractivity contribution in [3.05, 3.63) is 90.4 Å². The number of non-ortho nitro benzene ring substituents is 1. The van der Waals surface area contributed by atoms with E-state index in [-0.39, 0.29) is 10.7 Å². The fourth-order valence-electron chi connectivity index (χ4n) is 2.49. The molecule has 3 aromatic rings. The number of nitrogens with zero attached hydrogens (tertiary/aromatic N) is 5. The van der Waals surface area contributed by atoms with Gasteiger partial charge in [-0.1, -0.05) is 17.4 Å². The number of nitro benzene ring substituents is 1. The zero-order valence-electron chi connectivity index (χ0n) is 15.5. The number of thiazole rings is 1. The quantitative estimate of drug-likeness (QED) is 0.214. The molecule has 0 radical (unpaired) electrons. The van der Waals surface area contributed by atoms with Crippen molar-refractivity contribution in [3.63, 3.8) is 0 Å². The largest absolute Gasteiger partial charge is 0.324 e. The van der Waals surface area contributed by atoms with E-state index in [1.54, 1.807) is 36.4 Å². The molecule has 30 heavy (non-hydrogen) atoms. The Labute approximate surface area is 178 Å². The van der Waals surface area contributed by atoms with Gasteiger partial charge in [0.05, 0.1) is 15.5 Å². The van der Waals surface area contributed by atoms with Crippen molar-refractivity contribution in [3.8, 4) is 11.3 Å². The number of rotatable bonds is 8. The van der Waals surface area contributed by atoms with Gasteiger partial charge >= 0.3 is 5.00 Å². The van der Waals surface area contributed by atoms with Gasteiger partial charge in [-0.05, 0) is 35.9 Å². The van der Waals surface area contributed by atoms with Crippen molar-refractivity contribution in [1.82, 2.24) is 4.57 Å². The fourth-order valence-corrected chi connectivity index (χ4v) is 4.10. The predicted octanol–water partition coefficient (Wildman–Crippen LogP) is 4.88. The van der Waals surface area contributed by atoms with Crippen LogP contribution in [0.1, 0.15) is 4.88 Å². The Morgan fingerprint density at radius 1 is 1.10 bits per heavy atom. The lowest BCUT2D eigenvalue weighted by Crippen LogP contribution is -2.14. The van der Waals surface area contributed by atoms with E-state index >= 15 is 0 Å². The Balaban J connectivity index is 1.81. The zero-order valence-corrected chi connectivity index (χ0v) is 17.1. The second-order valence-electron chi connectivity index (χ2n) is 5.76. The molecule has 0 amide bonds. The van der Waals surface area contributed by atoms with Crippen LogP contribution in [0.5, 0.6) is 0 Å². The molecule has 9 nitrogen and oxygen atoms in total. The van der Waals surface area contributed by atoms with E-state index < -0.39 is 9.85 Å². The van der Waals surface area contributed by atoms with Crippen molar-refractivity contribution in [2.75, 3.05) is 0 Å². The molecule has 152 valence electrons. The van der Waals surface area contributed by atoms with Gasteiger partial charge in [0.2, 0.25) is 4.80 Å². The van der Waals surface area contributed by atoms with Crippen LogP contribution in [-0.4, -0.2) is 20.6 Å². The van der Waals surface area contributed by atoms with Gasteiger partial charge in [0.25, 0.3) is 5.69 Å². The van der Waals surface area contributed by atoms with Crippen LogP contribution in [-0.2, 0) is 6.54 Å². The van der Waals surface area contributed by atoms with E-state index in [4.69, 9.17) is 0 Å². The molecular formula is C19H15N5O4S2. The van der Waals surface area contributed by atoms with E-state index in [2.05, 4.69) is 16.8 Å². The number of nitro groups is 2. The molecule has 0 bridgehead atoms. The van der Waals surface area contributed by atoms with Crippen LogP contribution in [0.15, 0.2) is 70.7 Å². The van der Waals surface area contributed by atoms with Crippen LogP contribution >= 0.6 is 22.7 Å². The van der Waals surface area contributed by atoms with E-state index in [0.29, 0.717) is 11.3 Å². The van der Waals surface area contributed by atoms with Crippen molar-refractivity contribution in [1.29, 1.82) is 0 Å². The average Bonchev–Trinajstić information content (AvgIpc) is 3.36. The summed E-state index contributed by atoms with van der Waals surface area (Å²) in [6, 6.07) is 9.42. The predicted molar refractivity (Wildman–Crippen MR) is 119 cm³/mol. The maximum absolute atomic E-state index is 10.8. The van der Waals surface area contributed by atoms with Crippen LogP contribution in [0.25, 0.3) is 17.3 Å². The van der Waals surface area contributed by atoms with Gasteiger partial charge in [0.1, 0.15) is 0 Å². The fraction of sp³-hybridized carbons (Fsp3) is 0.0526. The van der Waals surface area contributed by atoms with Gasteiger partial charge in [-0.15, -0.1) is 23.0 Å². The summed E-state index contributed by atoms with van der Waals surface area (Å²) in [4.78, 5) is 22.1. The Bertz CT molecular complexity index is 1200. The van der Waals surface area contributed by atoms with Gasteiger partial charge in [0.15, 0.2) is 0 Å². The van der Waals surface area contributed by atoms with Crippen LogP contribution in [0.2, 0.25) is 0 Å². The zero-order chi connectivity index (χ0) is 21.5. The third-order valence-electron chi connectivity index (χ3n) is 3.83. The Kier molecular flexibility index (Phi) is 6.78. The third-order valence-corrected chi connectivity index (χ3v) is 5.69. The number of thiophene rings is 1. The van der Waals surface area contributed by atoms with E-state index in [1.807, 2.05) is 9.95 Å². The smallest absolute Gasteiger partial charge is 0.311 e. The topological polar surface area (TPSA) is 116 Å². The maximum Gasteiger partial charge on any atom is 0.324 e. The molecule has 1 aromatic carbocycles. The molecule has 0 saturated carbocycles. The summed E-state index contributed by atoms with van der Waals surface area (Å²) in [6.07, 6.45) is 6.59. The summed E-state index contributed by atoms with van der Waals surface area (Å²) < 4.78 is 1.91. The minimum Gasteiger partial charge on any atom is -0.311 e. The van der Waals surface area contributed by atoms with E-state index in [1.165, 1.54) is 35.8 Å². The second kappa shape index (κ2) is 9.67. The second-order valence-corrected chi connectivity index (χ2v) is 7.69. The molecule has 2 aromatic heterocycles. The van der Waals surface area contributed by atoms with Gasteiger partial charge < -0.3 is 4.57 Å². The number of allylic oxidation sites excluding steroid dienone is 2. The Hall–Kier alpha value is -3.70. The summed E-state index contributed by atoms with van der Waals surface area (Å²) in [7, 11) is 0. The van der Waals surface area contributed by atoms with Crippen molar-refractivity contribution < 1.29 is 9.85 Å². The molecule has 0 saturated heterocycles. The summed E-state index contributed by atoms with van der Waals surface area (Å²) in [6.45, 7) is 4.26. The number of hydrogen-bond acceptors (Lipinski definition) is 8. The first kappa shape index (κ1) is 21.0. The average molecular weight is 441 g/mol. The lowest BCUT2D eigenvalue weighted by molar-refractivity contribution is -0.384. The van der Waals surface area contributed by atoms with Crippen LogP contribution in [0.4, 0.5) is 10.7 Å². The van der Waals surface area contributed by atoms with Crippen molar-refractivity contribution >= 4 is 45.7 Å². The molecule has 3 rings (SSSR count). The lowest BCUT2D eigenvalue weighted by atomic mass is 10.1. The van der Waals surface area contributed by atoms with Crippen LogP contribution < -0.4 is 4.80 Å². The van der Waals surface area contributed by atoms with Crippen LogP contribution in [0.3, 0.4) is 0 Å². The molecular weight excluding hydrogens is 426 g/mol. The first-order valence-electron chi connectivity index (χ1n) is 8.51. The molecule has 0 atom stereocenters. The number of aromatic nitrogens is 1. The molecule has 11 heteroatoms. The SMILES string of the molecule is C=CCn1c(-c2ccc([N+](=O)[O-])cc2)cs\c1=N/N=C/C=C/c1ccc([N+](=O)[O-])s1. The monoisotopic (exact) mass is 441 g/mol. The number of hydrogen-bond donors (Lipinski definition) is 0.